The van der Waals surface area contributed by atoms with E-state index in [1.807, 2.05) is 7.05 Å². The molecule has 3 heteroatoms. The molecular weight excluding hydrogens is 158 g/mol. The second-order valence-corrected chi connectivity index (χ2v) is 2.20. The Labute approximate surface area is 67.7 Å². The van der Waals surface area contributed by atoms with Crippen molar-refractivity contribution < 1.29 is 22.2 Å². The van der Waals surface area contributed by atoms with Gasteiger partial charge >= 0.3 is 0 Å². The summed E-state index contributed by atoms with van der Waals surface area (Å²) in [5, 5.41) is 8.81. The van der Waals surface area contributed by atoms with Crippen LogP contribution >= 0.6 is 0 Å². The number of aliphatic hydroxyl groups excluding tert-OH is 1. The molecule has 0 fully saturated rings. The fourth-order valence-corrected chi connectivity index (χ4v) is 0.580. The zero-order valence-electron chi connectivity index (χ0n) is 6.24. The Kier molecular flexibility index (Phi) is 8.85. The number of rotatable bonds is 3. The summed E-state index contributed by atoms with van der Waals surface area (Å²) >= 11 is 0. The van der Waals surface area contributed by atoms with Crippen molar-refractivity contribution in [2.75, 3.05) is 20.1 Å². The number of hydrogen-bond donors (Lipinski definition) is 1. The van der Waals surface area contributed by atoms with Crippen LogP contribution in [0.1, 0.15) is 13.8 Å². The second-order valence-electron chi connectivity index (χ2n) is 2.20. The molecule has 0 aliphatic carbocycles. The summed E-state index contributed by atoms with van der Waals surface area (Å²) in [5.41, 5.74) is 0. The van der Waals surface area contributed by atoms with E-state index in [-0.39, 0.29) is 23.2 Å². The predicted octanol–water partition coefficient (Wildman–Crippen LogP) is 0.316. The Morgan fingerprint density at radius 2 is 2.00 bits per heavy atom. The van der Waals surface area contributed by atoms with Gasteiger partial charge in [-0.25, -0.2) is 0 Å². The molecular formula is C6H15FeNO. The van der Waals surface area contributed by atoms with Crippen molar-refractivity contribution in [1.29, 1.82) is 0 Å². The molecule has 0 rings (SSSR count). The largest absolute Gasteiger partial charge is 0.392 e. The molecule has 0 aromatic heterocycles. The van der Waals surface area contributed by atoms with Gasteiger partial charge in [-0.05, 0) is 20.5 Å². The normalized spacial score (nSPS) is 13.0. The first-order valence-corrected chi connectivity index (χ1v) is 3.03. The predicted molar refractivity (Wildman–Crippen MR) is 34.9 cm³/mol. The van der Waals surface area contributed by atoms with E-state index in [0.717, 1.165) is 13.1 Å². The monoisotopic (exact) mass is 173 g/mol. The Morgan fingerprint density at radius 3 is 2.11 bits per heavy atom. The second kappa shape index (κ2) is 6.56. The molecule has 0 saturated heterocycles. The Hall–Kier alpha value is 0.439. The molecule has 0 spiro atoms. The number of nitrogens with zero attached hydrogens (tertiary/aromatic N) is 1. The summed E-state index contributed by atoms with van der Waals surface area (Å²) in [7, 11) is 1.99. The van der Waals surface area contributed by atoms with Crippen LogP contribution in [0.5, 0.6) is 0 Å². The minimum absolute atomic E-state index is 0. The standard InChI is InChI=1S/C6H15NO.Fe/c1-4-7(3)5-6(2)8;/h6,8H,4-5H2,1-3H3;. The van der Waals surface area contributed by atoms with E-state index in [2.05, 4.69) is 11.8 Å². The molecule has 58 valence electrons. The van der Waals surface area contributed by atoms with E-state index in [1.165, 1.54) is 0 Å². The van der Waals surface area contributed by atoms with Gasteiger partial charge in [-0.1, -0.05) is 6.92 Å². The van der Waals surface area contributed by atoms with Crippen LogP contribution in [-0.4, -0.2) is 36.2 Å². The molecule has 0 bridgehead atoms. The van der Waals surface area contributed by atoms with Crippen LogP contribution in [0.15, 0.2) is 0 Å². The summed E-state index contributed by atoms with van der Waals surface area (Å²) in [6.07, 6.45) is -0.194. The molecule has 0 aliphatic rings. The quantitative estimate of drug-likeness (QED) is 0.621. The fourth-order valence-electron chi connectivity index (χ4n) is 0.580. The summed E-state index contributed by atoms with van der Waals surface area (Å²) in [6.45, 7) is 5.65. The molecule has 0 radical (unpaired) electrons. The SMILES string of the molecule is CCN(C)CC(C)O.[Fe]. The molecule has 2 nitrogen and oxygen atoms in total. The van der Waals surface area contributed by atoms with E-state index in [1.54, 1.807) is 6.92 Å². The zero-order valence-corrected chi connectivity index (χ0v) is 7.34. The van der Waals surface area contributed by atoms with Gasteiger partial charge in [0, 0.05) is 23.6 Å². The van der Waals surface area contributed by atoms with E-state index in [4.69, 9.17) is 5.11 Å². The third-order valence-electron chi connectivity index (χ3n) is 1.12. The first kappa shape index (κ1) is 12.1. The third kappa shape index (κ3) is 8.44. The van der Waals surface area contributed by atoms with Gasteiger partial charge in [0.05, 0.1) is 6.10 Å². The molecule has 0 saturated carbocycles. The van der Waals surface area contributed by atoms with Gasteiger partial charge in [0.2, 0.25) is 0 Å². The van der Waals surface area contributed by atoms with Gasteiger partial charge in [0.25, 0.3) is 0 Å². The molecule has 0 aromatic carbocycles. The van der Waals surface area contributed by atoms with Gasteiger partial charge in [-0.3, -0.25) is 0 Å². The van der Waals surface area contributed by atoms with E-state index < -0.39 is 0 Å². The average Bonchev–Trinajstić information content (AvgIpc) is 1.65. The molecule has 0 heterocycles. The number of hydrogen-bond acceptors (Lipinski definition) is 2. The summed E-state index contributed by atoms with van der Waals surface area (Å²) in [6, 6.07) is 0. The van der Waals surface area contributed by atoms with Crippen LogP contribution in [0, 0.1) is 0 Å². The minimum Gasteiger partial charge on any atom is -0.392 e. The zero-order chi connectivity index (χ0) is 6.57. The Bertz CT molecular complexity index is 59.0. The minimum atomic E-state index is -0.194. The van der Waals surface area contributed by atoms with E-state index in [0.29, 0.717) is 0 Å². The fraction of sp³-hybridized carbons (Fsp3) is 1.00. The summed E-state index contributed by atoms with van der Waals surface area (Å²) < 4.78 is 0. The topological polar surface area (TPSA) is 23.5 Å². The first-order chi connectivity index (χ1) is 3.66. The Morgan fingerprint density at radius 1 is 1.56 bits per heavy atom. The maximum atomic E-state index is 8.81. The van der Waals surface area contributed by atoms with Crippen molar-refractivity contribution in [3.63, 3.8) is 0 Å². The molecule has 1 unspecified atom stereocenters. The van der Waals surface area contributed by atoms with Crippen LogP contribution in [0.25, 0.3) is 0 Å². The molecule has 0 aliphatic heterocycles. The van der Waals surface area contributed by atoms with Crippen molar-refractivity contribution in [1.82, 2.24) is 4.90 Å². The molecule has 1 atom stereocenters. The van der Waals surface area contributed by atoms with Crippen molar-refractivity contribution in [2.45, 2.75) is 20.0 Å². The van der Waals surface area contributed by atoms with Gasteiger partial charge in [-0.15, -0.1) is 0 Å². The van der Waals surface area contributed by atoms with Crippen LogP contribution in [0.2, 0.25) is 0 Å². The van der Waals surface area contributed by atoms with Crippen molar-refractivity contribution in [2.24, 2.45) is 0 Å². The average molecular weight is 173 g/mol. The number of aliphatic hydroxyl groups is 1. The van der Waals surface area contributed by atoms with Gasteiger partial charge in [-0.2, -0.15) is 0 Å². The van der Waals surface area contributed by atoms with E-state index in [9.17, 15) is 0 Å². The van der Waals surface area contributed by atoms with Crippen LogP contribution in [-0.2, 0) is 17.1 Å². The van der Waals surface area contributed by atoms with Gasteiger partial charge < -0.3 is 10.0 Å². The van der Waals surface area contributed by atoms with Crippen molar-refractivity contribution in [3.05, 3.63) is 0 Å². The Balaban J connectivity index is 0. The maximum Gasteiger partial charge on any atom is 0.0638 e. The first-order valence-electron chi connectivity index (χ1n) is 3.03. The summed E-state index contributed by atoms with van der Waals surface area (Å²) in [4.78, 5) is 2.07. The smallest absolute Gasteiger partial charge is 0.0638 e. The molecule has 0 amide bonds. The maximum absolute atomic E-state index is 8.81. The van der Waals surface area contributed by atoms with Crippen LogP contribution in [0.3, 0.4) is 0 Å². The molecule has 0 aromatic rings. The van der Waals surface area contributed by atoms with Crippen LogP contribution in [0.4, 0.5) is 0 Å². The van der Waals surface area contributed by atoms with Gasteiger partial charge in [0.1, 0.15) is 0 Å². The van der Waals surface area contributed by atoms with Gasteiger partial charge in [0.15, 0.2) is 0 Å². The van der Waals surface area contributed by atoms with Crippen molar-refractivity contribution >= 4 is 0 Å². The molecule has 1 N–H and O–H groups in total. The summed E-state index contributed by atoms with van der Waals surface area (Å²) in [5.74, 6) is 0. The third-order valence-corrected chi connectivity index (χ3v) is 1.12. The molecule has 9 heavy (non-hydrogen) atoms. The van der Waals surface area contributed by atoms with Crippen molar-refractivity contribution in [3.8, 4) is 0 Å². The van der Waals surface area contributed by atoms with Crippen LogP contribution < -0.4 is 0 Å². The van der Waals surface area contributed by atoms with E-state index >= 15 is 0 Å². The number of likely N-dealkylation sites (N-methyl/N-ethyl adjacent to an activating group) is 1.